The van der Waals surface area contributed by atoms with Gasteiger partial charge in [-0.3, -0.25) is 4.79 Å². The van der Waals surface area contributed by atoms with Crippen molar-refractivity contribution in [3.8, 4) is 0 Å². The number of aliphatic hydroxyl groups is 1. The summed E-state index contributed by atoms with van der Waals surface area (Å²) in [7, 11) is 0. The molecule has 1 heterocycles. The molecule has 2 fully saturated rings. The quantitative estimate of drug-likeness (QED) is 0.753. The van der Waals surface area contributed by atoms with Gasteiger partial charge in [0.1, 0.15) is 0 Å². The molecule has 0 aromatic carbocycles. The Morgan fingerprint density at radius 3 is 2.62 bits per heavy atom. The highest BCUT2D eigenvalue weighted by atomic mass is 16.5. The molecule has 1 saturated carbocycles. The Labute approximate surface area is 96.6 Å². The predicted molar refractivity (Wildman–Crippen MR) is 59.9 cm³/mol. The Kier molecular flexibility index (Phi) is 2.97. The van der Waals surface area contributed by atoms with Crippen LogP contribution in [0.4, 0.5) is 0 Å². The fourth-order valence-electron chi connectivity index (χ4n) is 2.44. The van der Waals surface area contributed by atoms with E-state index in [0.717, 1.165) is 6.42 Å². The van der Waals surface area contributed by atoms with E-state index in [2.05, 4.69) is 13.8 Å². The van der Waals surface area contributed by atoms with Crippen molar-refractivity contribution in [2.24, 2.45) is 11.3 Å². The molecular formula is C12H21NO3. The number of aliphatic hydroxyl groups excluding tert-OH is 1. The number of hydrogen-bond acceptors (Lipinski definition) is 3. The minimum absolute atomic E-state index is 0.0117. The molecule has 1 amide bonds. The molecule has 1 N–H and O–H groups in total. The van der Waals surface area contributed by atoms with E-state index in [-0.39, 0.29) is 36.1 Å². The molecule has 16 heavy (non-hydrogen) atoms. The van der Waals surface area contributed by atoms with Crippen LogP contribution in [0.25, 0.3) is 0 Å². The van der Waals surface area contributed by atoms with Crippen LogP contribution in [-0.4, -0.2) is 47.8 Å². The van der Waals surface area contributed by atoms with E-state index in [1.54, 1.807) is 0 Å². The van der Waals surface area contributed by atoms with Crippen LogP contribution in [0.15, 0.2) is 0 Å². The SMILES string of the molecule is CC1CN(C(=O)C2CC2(C)C)CC(CO)O1. The average Bonchev–Trinajstić information content (AvgIpc) is 2.85. The topological polar surface area (TPSA) is 49.8 Å². The Morgan fingerprint density at radius 2 is 2.12 bits per heavy atom. The zero-order chi connectivity index (χ0) is 11.9. The predicted octanol–water partition coefficient (Wildman–Crippen LogP) is 0.641. The lowest BCUT2D eigenvalue weighted by molar-refractivity contribution is -0.149. The third-order valence-electron chi connectivity index (χ3n) is 3.65. The van der Waals surface area contributed by atoms with Crippen molar-refractivity contribution in [2.75, 3.05) is 19.7 Å². The lowest BCUT2D eigenvalue weighted by Gasteiger charge is -2.36. The zero-order valence-corrected chi connectivity index (χ0v) is 10.3. The molecule has 3 unspecified atom stereocenters. The molecule has 0 radical (unpaired) electrons. The van der Waals surface area contributed by atoms with E-state index in [4.69, 9.17) is 9.84 Å². The second-order valence-electron chi connectivity index (χ2n) is 5.74. The van der Waals surface area contributed by atoms with Crippen LogP contribution in [0, 0.1) is 11.3 Å². The fraction of sp³-hybridized carbons (Fsp3) is 0.917. The van der Waals surface area contributed by atoms with Crippen molar-refractivity contribution in [1.82, 2.24) is 4.90 Å². The van der Waals surface area contributed by atoms with Gasteiger partial charge in [-0.25, -0.2) is 0 Å². The molecule has 4 nitrogen and oxygen atoms in total. The number of carbonyl (C=O) groups is 1. The number of nitrogens with zero attached hydrogens (tertiary/aromatic N) is 1. The molecule has 0 aromatic heterocycles. The van der Waals surface area contributed by atoms with Crippen LogP contribution >= 0.6 is 0 Å². The molecule has 0 spiro atoms. The van der Waals surface area contributed by atoms with Crippen molar-refractivity contribution in [1.29, 1.82) is 0 Å². The van der Waals surface area contributed by atoms with Gasteiger partial charge in [0.2, 0.25) is 5.91 Å². The Bertz CT molecular complexity index is 290. The molecule has 3 atom stereocenters. The van der Waals surface area contributed by atoms with Crippen molar-refractivity contribution in [2.45, 2.75) is 39.4 Å². The summed E-state index contributed by atoms with van der Waals surface area (Å²) in [4.78, 5) is 14.0. The first-order valence-electron chi connectivity index (χ1n) is 5.99. The molecule has 92 valence electrons. The summed E-state index contributed by atoms with van der Waals surface area (Å²) in [5, 5.41) is 9.10. The van der Waals surface area contributed by atoms with Crippen LogP contribution in [0.3, 0.4) is 0 Å². The molecule has 0 aromatic rings. The molecule has 2 aliphatic rings. The van der Waals surface area contributed by atoms with Crippen molar-refractivity contribution < 1.29 is 14.6 Å². The second kappa shape index (κ2) is 4.00. The largest absolute Gasteiger partial charge is 0.394 e. The third-order valence-corrected chi connectivity index (χ3v) is 3.65. The van der Waals surface area contributed by atoms with Crippen LogP contribution in [-0.2, 0) is 9.53 Å². The summed E-state index contributed by atoms with van der Waals surface area (Å²) in [5.41, 5.74) is 0.174. The Hall–Kier alpha value is -0.610. The Morgan fingerprint density at radius 1 is 1.50 bits per heavy atom. The van der Waals surface area contributed by atoms with Crippen molar-refractivity contribution >= 4 is 5.91 Å². The average molecular weight is 227 g/mol. The minimum atomic E-state index is -0.213. The van der Waals surface area contributed by atoms with Gasteiger partial charge in [0, 0.05) is 19.0 Å². The summed E-state index contributed by atoms with van der Waals surface area (Å²) >= 11 is 0. The molecular weight excluding hydrogens is 206 g/mol. The summed E-state index contributed by atoms with van der Waals surface area (Å²) in [6, 6.07) is 0. The maximum atomic E-state index is 12.2. The van der Waals surface area contributed by atoms with Crippen molar-refractivity contribution in [3.05, 3.63) is 0 Å². The van der Waals surface area contributed by atoms with E-state index >= 15 is 0 Å². The van der Waals surface area contributed by atoms with Gasteiger partial charge in [-0.05, 0) is 18.8 Å². The summed E-state index contributed by atoms with van der Waals surface area (Å²) in [6.07, 6.45) is 0.799. The highest BCUT2D eigenvalue weighted by molar-refractivity contribution is 5.82. The summed E-state index contributed by atoms with van der Waals surface area (Å²) in [5.74, 6) is 0.413. The lowest BCUT2D eigenvalue weighted by atomic mass is 10.1. The van der Waals surface area contributed by atoms with E-state index in [1.165, 1.54) is 0 Å². The van der Waals surface area contributed by atoms with E-state index in [0.29, 0.717) is 13.1 Å². The fourth-order valence-corrected chi connectivity index (χ4v) is 2.44. The van der Waals surface area contributed by atoms with Gasteiger partial charge in [0.25, 0.3) is 0 Å². The normalized spacial score (nSPS) is 37.2. The highest BCUT2D eigenvalue weighted by Gasteiger charge is 2.52. The maximum Gasteiger partial charge on any atom is 0.226 e. The second-order valence-corrected chi connectivity index (χ2v) is 5.74. The molecule has 1 saturated heterocycles. The minimum Gasteiger partial charge on any atom is -0.394 e. The monoisotopic (exact) mass is 227 g/mol. The number of hydrogen-bond donors (Lipinski definition) is 1. The van der Waals surface area contributed by atoms with Crippen LogP contribution < -0.4 is 0 Å². The van der Waals surface area contributed by atoms with Gasteiger partial charge in [0.15, 0.2) is 0 Å². The number of ether oxygens (including phenoxy) is 1. The summed E-state index contributed by atoms with van der Waals surface area (Å²) in [6.45, 7) is 7.38. The third kappa shape index (κ3) is 2.23. The van der Waals surface area contributed by atoms with E-state index in [9.17, 15) is 4.79 Å². The molecule has 2 rings (SSSR count). The first kappa shape index (κ1) is 11.9. The molecule has 1 aliphatic heterocycles. The van der Waals surface area contributed by atoms with E-state index < -0.39 is 0 Å². The van der Waals surface area contributed by atoms with Gasteiger partial charge >= 0.3 is 0 Å². The van der Waals surface area contributed by atoms with Gasteiger partial charge in [-0.15, -0.1) is 0 Å². The van der Waals surface area contributed by atoms with Gasteiger partial charge < -0.3 is 14.7 Å². The highest BCUT2D eigenvalue weighted by Crippen LogP contribution is 2.52. The number of carbonyl (C=O) groups excluding carboxylic acids is 1. The number of amides is 1. The number of morpholine rings is 1. The summed E-state index contributed by atoms with van der Waals surface area (Å²) < 4.78 is 5.52. The van der Waals surface area contributed by atoms with Crippen LogP contribution in [0.1, 0.15) is 27.2 Å². The lowest BCUT2D eigenvalue weighted by Crippen LogP contribution is -2.51. The Balaban J connectivity index is 1.96. The molecule has 4 heteroatoms. The zero-order valence-electron chi connectivity index (χ0n) is 10.3. The van der Waals surface area contributed by atoms with Gasteiger partial charge in [-0.2, -0.15) is 0 Å². The first-order chi connectivity index (χ1) is 7.44. The first-order valence-corrected chi connectivity index (χ1v) is 5.99. The number of rotatable bonds is 2. The standard InChI is InChI=1S/C12H21NO3/c1-8-5-13(6-9(7-14)16-8)11(15)10-4-12(10,2)3/h8-10,14H,4-7H2,1-3H3. The smallest absolute Gasteiger partial charge is 0.226 e. The van der Waals surface area contributed by atoms with Gasteiger partial charge in [0.05, 0.1) is 18.8 Å². The van der Waals surface area contributed by atoms with Crippen LogP contribution in [0.2, 0.25) is 0 Å². The van der Waals surface area contributed by atoms with Crippen LogP contribution in [0.5, 0.6) is 0 Å². The molecule has 1 aliphatic carbocycles. The molecule has 0 bridgehead atoms. The van der Waals surface area contributed by atoms with Crippen molar-refractivity contribution in [3.63, 3.8) is 0 Å². The maximum absolute atomic E-state index is 12.2. The van der Waals surface area contributed by atoms with Gasteiger partial charge in [-0.1, -0.05) is 13.8 Å². The van der Waals surface area contributed by atoms with E-state index in [1.807, 2.05) is 11.8 Å².